The van der Waals surface area contributed by atoms with Crippen LogP contribution in [0.25, 0.3) is 10.9 Å². The lowest BCUT2D eigenvalue weighted by atomic mass is 10.2. The Morgan fingerprint density at radius 3 is 2.56 bits per heavy atom. The maximum Gasteiger partial charge on any atom is 0.0950 e. The Balaban J connectivity index is 2.02. The smallest absolute Gasteiger partial charge is 0.0950 e. The van der Waals surface area contributed by atoms with E-state index < -0.39 is 0 Å². The summed E-state index contributed by atoms with van der Waals surface area (Å²) >= 11 is 0. The molecule has 3 N–H and O–H groups in total. The fraction of sp³-hybridized carbons (Fsp3) is 0. The van der Waals surface area contributed by atoms with Crippen LogP contribution in [0.1, 0.15) is 0 Å². The van der Waals surface area contributed by atoms with E-state index in [-0.39, 0.29) is 0 Å². The van der Waals surface area contributed by atoms with Crippen molar-refractivity contribution in [1.29, 1.82) is 0 Å². The highest BCUT2D eigenvalue weighted by atomic mass is 15.1. The summed E-state index contributed by atoms with van der Waals surface area (Å²) in [6, 6.07) is 15.5. The Labute approximate surface area is 104 Å². The van der Waals surface area contributed by atoms with E-state index >= 15 is 0 Å². The van der Waals surface area contributed by atoms with Crippen LogP contribution in [0.3, 0.4) is 0 Å². The zero-order chi connectivity index (χ0) is 12.4. The van der Waals surface area contributed by atoms with Crippen LogP contribution in [0.5, 0.6) is 0 Å². The molecule has 0 aliphatic rings. The Morgan fingerprint density at radius 2 is 1.72 bits per heavy atom. The van der Waals surface area contributed by atoms with Crippen molar-refractivity contribution in [2.75, 3.05) is 11.1 Å². The van der Waals surface area contributed by atoms with E-state index in [0.29, 0.717) is 0 Å². The Hall–Kier alpha value is -2.62. The average Bonchev–Trinajstić information content (AvgIpc) is 2.42. The first-order valence-corrected chi connectivity index (χ1v) is 5.66. The highest BCUT2D eigenvalue weighted by Crippen LogP contribution is 2.24. The second kappa shape index (κ2) is 4.33. The quantitative estimate of drug-likeness (QED) is 0.671. The van der Waals surface area contributed by atoms with Crippen LogP contribution in [0.4, 0.5) is 17.1 Å². The molecule has 0 amide bonds. The molecule has 1 heterocycles. The largest absolute Gasteiger partial charge is 0.399 e. The summed E-state index contributed by atoms with van der Waals surface area (Å²) in [5, 5.41) is 12.4. The first-order chi connectivity index (χ1) is 8.83. The second-order valence-electron chi connectivity index (χ2n) is 4.02. The molecule has 2 aromatic carbocycles. The van der Waals surface area contributed by atoms with E-state index in [1.165, 1.54) is 0 Å². The Morgan fingerprint density at radius 1 is 0.944 bits per heavy atom. The number of nitrogens with two attached hydrogens (primary N) is 1. The van der Waals surface area contributed by atoms with E-state index in [1.54, 1.807) is 6.20 Å². The van der Waals surface area contributed by atoms with Crippen molar-refractivity contribution in [1.82, 2.24) is 10.2 Å². The van der Waals surface area contributed by atoms with Gasteiger partial charge in [-0.1, -0.05) is 18.2 Å². The number of anilines is 3. The zero-order valence-corrected chi connectivity index (χ0v) is 9.67. The molecule has 0 unspecified atom stereocenters. The molecule has 0 aliphatic carbocycles. The molecular formula is C14H12N4. The van der Waals surface area contributed by atoms with Crippen molar-refractivity contribution in [3.05, 3.63) is 54.7 Å². The minimum Gasteiger partial charge on any atom is -0.399 e. The van der Waals surface area contributed by atoms with Crippen molar-refractivity contribution < 1.29 is 0 Å². The van der Waals surface area contributed by atoms with Gasteiger partial charge in [-0.2, -0.15) is 10.2 Å². The molecular weight excluding hydrogens is 224 g/mol. The van der Waals surface area contributed by atoms with Gasteiger partial charge in [-0.3, -0.25) is 0 Å². The molecule has 0 spiro atoms. The van der Waals surface area contributed by atoms with Crippen LogP contribution in [-0.4, -0.2) is 10.2 Å². The molecule has 18 heavy (non-hydrogen) atoms. The van der Waals surface area contributed by atoms with Gasteiger partial charge in [0.15, 0.2) is 0 Å². The van der Waals surface area contributed by atoms with Gasteiger partial charge in [-0.25, -0.2) is 0 Å². The molecule has 4 nitrogen and oxygen atoms in total. The fourth-order valence-corrected chi connectivity index (χ4v) is 1.83. The van der Waals surface area contributed by atoms with E-state index in [2.05, 4.69) is 15.5 Å². The third-order valence-corrected chi connectivity index (χ3v) is 2.74. The van der Waals surface area contributed by atoms with Gasteiger partial charge in [0.25, 0.3) is 0 Å². The van der Waals surface area contributed by atoms with Gasteiger partial charge in [0.05, 0.1) is 17.4 Å². The van der Waals surface area contributed by atoms with Crippen LogP contribution in [0, 0.1) is 0 Å². The number of nitrogen functional groups attached to an aromatic ring is 1. The average molecular weight is 236 g/mol. The predicted molar refractivity (Wildman–Crippen MR) is 73.7 cm³/mol. The molecule has 0 bridgehead atoms. The lowest BCUT2D eigenvalue weighted by Crippen LogP contribution is -1.94. The molecule has 0 aliphatic heterocycles. The third-order valence-electron chi connectivity index (χ3n) is 2.74. The number of aromatic nitrogens is 2. The van der Waals surface area contributed by atoms with E-state index in [9.17, 15) is 0 Å². The molecule has 0 saturated carbocycles. The van der Waals surface area contributed by atoms with Crippen molar-refractivity contribution >= 4 is 28.0 Å². The monoisotopic (exact) mass is 236 g/mol. The van der Waals surface area contributed by atoms with Gasteiger partial charge in [0.2, 0.25) is 0 Å². The normalized spacial score (nSPS) is 10.4. The zero-order valence-electron chi connectivity index (χ0n) is 9.67. The van der Waals surface area contributed by atoms with Gasteiger partial charge < -0.3 is 11.1 Å². The summed E-state index contributed by atoms with van der Waals surface area (Å²) in [5.41, 5.74) is 9.19. The summed E-state index contributed by atoms with van der Waals surface area (Å²) < 4.78 is 0. The van der Waals surface area contributed by atoms with Gasteiger partial charge >= 0.3 is 0 Å². The number of nitrogens with one attached hydrogen (secondary N) is 1. The van der Waals surface area contributed by atoms with Crippen LogP contribution in [0.2, 0.25) is 0 Å². The van der Waals surface area contributed by atoms with E-state index in [0.717, 1.165) is 28.0 Å². The van der Waals surface area contributed by atoms with Crippen LogP contribution in [0.15, 0.2) is 54.7 Å². The number of fused-ring (bicyclic) bond motifs is 1. The highest BCUT2D eigenvalue weighted by Gasteiger charge is 2.02. The third kappa shape index (κ3) is 1.96. The topological polar surface area (TPSA) is 63.8 Å². The van der Waals surface area contributed by atoms with Crippen LogP contribution < -0.4 is 11.1 Å². The Bertz CT molecular complexity index is 671. The molecule has 3 rings (SSSR count). The number of hydrogen-bond donors (Lipinski definition) is 2. The molecule has 1 aromatic heterocycles. The molecule has 0 fully saturated rings. The summed E-state index contributed by atoms with van der Waals surface area (Å²) in [4.78, 5) is 0. The van der Waals surface area contributed by atoms with Crippen molar-refractivity contribution in [2.45, 2.75) is 0 Å². The number of rotatable bonds is 2. The van der Waals surface area contributed by atoms with Crippen molar-refractivity contribution in [2.24, 2.45) is 0 Å². The SMILES string of the molecule is Nc1ccc(Nc2cnnc3ccccc23)cc1. The minimum atomic E-state index is 0.748. The van der Waals surface area contributed by atoms with Gasteiger partial charge in [-0.15, -0.1) is 0 Å². The van der Waals surface area contributed by atoms with E-state index in [1.807, 2.05) is 48.5 Å². The number of nitrogens with zero attached hydrogens (tertiary/aromatic N) is 2. The molecule has 3 aromatic rings. The summed E-state index contributed by atoms with van der Waals surface area (Å²) in [7, 11) is 0. The maximum absolute atomic E-state index is 5.66. The van der Waals surface area contributed by atoms with E-state index in [4.69, 9.17) is 5.73 Å². The van der Waals surface area contributed by atoms with Crippen LogP contribution >= 0.6 is 0 Å². The van der Waals surface area contributed by atoms with Gasteiger partial charge in [0, 0.05) is 16.8 Å². The predicted octanol–water partition coefficient (Wildman–Crippen LogP) is 2.96. The van der Waals surface area contributed by atoms with Crippen molar-refractivity contribution in [3.8, 4) is 0 Å². The van der Waals surface area contributed by atoms with Gasteiger partial charge in [-0.05, 0) is 30.3 Å². The number of benzene rings is 2. The first kappa shape index (κ1) is 10.5. The minimum absolute atomic E-state index is 0.748. The van der Waals surface area contributed by atoms with Crippen molar-refractivity contribution in [3.63, 3.8) is 0 Å². The summed E-state index contributed by atoms with van der Waals surface area (Å²) in [6.45, 7) is 0. The second-order valence-corrected chi connectivity index (χ2v) is 4.02. The summed E-state index contributed by atoms with van der Waals surface area (Å²) in [6.07, 6.45) is 1.72. The lowest BCUT2D eigenvalue weighted by Gasteiger charge is -2.08. The molecule has 88 valence electrons. The maximum atomic E-state index is 5.66. The Kier molecular flexibility index (Phi) is 2.53. The molecule has 0 atom stereocenters. The van der Waals surface area contributed by atoms with Gasteiger partial charge in [0.1, 0.15) is 0 Å². The number of hydrogen-bond acceptors (Lipinski definition) is 4. The van der Waals surface area contributed by atoms with Crippen LogP contribution in [-0.2, 0) is 0 Å². The fourth-order valence-electron chi connectivity index (χ4n) is 1.83. The molecule has 0 saturated heterocycles. The lowest BCUT2D eigenvalue weighted by molar-refractivity contribution is 1.08. The highest BCUT2D eigenvalue weighted by molar-refractivity contribution is 5.92. The first-order valence-electron chi connectivity index (χ1n) is 5.66. The molecule has 4 heteroatoms. The summed E-state index contributed by atoms with van der Waals surface area (Å²) in [5.74, 6) is 0. The standard InChI is InChI=1S/C14H12N4/c15-10-5-7-11(8-6-10)17-14-9-16-18-13-4-2-1-3-12(13)14/h1-9H,15H2,(H,17,18). The molecule has 0 radical (unpaired) electrons.